The third-order valence-corrected chi connectivity index (χ3v) is 7.25. The van der Waals surface area contributed by atoms with Gasteiger partial charge in [-0.2, -0.15) is 10.2 Å². The number of benzene rings is 1. The van der Waals surface area contributed by atoms with Crippen molar-refractivity contribution in [3.05, 3.63) is 74.3 Å². The number of fused-ring (bicyclic) bond motifs is 2. The molecule has 0 N–H and O–H groups in total. The van der Waals surface area contributed by atoms with Crippen molar-refractivity contribution in [2.45, 2.75) is 18.8 Å². The van der Waals surface area contributed by atoms with Gasteiger partial charge >= 0.3 is 0 Å². The Kier molecular flexibility index (Phi) is 4.11. The second kappa shape index (κ2) is 6.78. The molecular formula is C24H20IN5O. The van der Waals surface area contributed by atoms with E-state index in [1.54, 1.807) is 6.20 Å². The maximum Gasteiger partial charge on any atom is 0.203 e. The van der Waals surface area contributed by atoms with Crippen molar-refractivity contribution in [1.29, 1.82) is 0 Å². The molecule has 4 aromatic heterocycles. The highest BCUT2D eigenvalue weighted by Gasteiger charge is 2.24. The second-order valence-electron chi connectivity index (χ2n) is 8.26. The topological polar surface area (TPSA) is 57.1 Å². The summed E-state index contributed by atoms with van der Waals surface area (Å²) in [6.07, 6.45) is 8.32. The number of pyridine rings is 2. The van der Waals surface area contributed by atoms with Crippen LogP contribution in [-0.2, 0) is 14.1 Å². The van der Waals surface area contributed by atoms with Crippen molar-refractivity contribution < 1.29 is 0 Å². The Morgan fingerprint density at radius 2 is 1.90 bits per heavy atom. The minimum absolute atomic E-state index is 0.0684. The molecule has 5 aromatic rings. The zero-order valence-electron chi connectivity index (χ0n) is 17.2. The van der Waals surface area contributed by atoms with Crippen LogP contribution < -0.4 is 5.43 Å². The van der Waals surface area contributed by atoms with Crippen LogP contribution >= 0.6 is 22.6 Å². The van der Waals surface area contributed by atoms with E-state index in [2.05, 4.69) is 61.6 Å². The first-order valence-electron chi connectivity index (χ1n) is 10.3. The number of hydrogen-bond acceptors (Lipinski definition) is 3. The van der Waals surface area contributed by atoms with Gasteiger partial charge in [0, 0.05) is 43.6 Å². The van der Waals surface area contributed by atoms with Crippen LogP contribution in [0.1, 0.15) is 24.3 Å². The first kappa shape index (κ1) is 18.8. The van der Waals surface area contributed by atoms with Gasteiger partial charge in [-0.25, -0.2) is 0 Å². The van der Waals surface area contributed by atoms with Crippen LogP contribution in [0, 0.1) is 3.57 Å². The van der Waals surface area contributed by atoms with Crippen molar-refractivity contribution in [2.24, 2.45) is 14.1 Å². The maximum absolute atomic E-state index is 13.3. The fraction of sp³-hybridized carbons (Fsp3) is 0.208. The molecular weight excluding hydrogens is 501 g/mol. The van der Waals surface area contributed by atoms with E-state index in [-0.39, 0.29) is 5.43 Å². The first-order chi connectivity index (χ1) is 15.0. The van der Waals surface area contributed by atoms with Crippen LogP contribution in [-0.4, -0.2) is 24.0 Å². The average molecular weight is 521 g/mol. The van der Waals surface area contributed by atoms with Crippen molar-refractivity contribution in [1.82, 2.24) is 24.0 Å². The summed E-state index contributed by atoms with van der Waals surface area (Å²) in [5, 5.41) is 9.97. The van der Waals surface area contributed by atoms with Crippen molar-refractivity contribution in [2.75, 3.05) is 0 Å². The van der Waals surface area contributed by atoms with E-state index in [1.807, 2.05) is 47.9 Å². The number of halogens is 1. The second-order valence-corrected chi connectivity index (χ2v) is 9.34. The van der Waals surface area contributed by atoms with Crippen LogP contribution in [0.2, 0.25) is 0 Å². The zero-order chi connectivity index (χ0) is 21.3. The van der Waals surface area contributed by atoms with Gasteiger partial charge in [-0.05, 0) is 82.8 Å². The standard InChI is InChI=1S/C24H20IN5O/c1-28-20(7-9-26-28)23-17-11-16(5-6-19(17)27-29(23)2)18-13-30-10-8-15(14-3-4-14)12-21(30)22(25)24(18)31/h5-14H,3-4H2,1-2H3. The molecule has 1 aliphatic rings. The summed E-state index contributed by atoms with van der Waals surface area (Å²) in [6, 6.07) is 12.4. The molecule has 1 aromatic carbocycles. The molecule has 0 amide bonds. The lowest BCUT2D eigenvalue weighted by Crippen LogP contribution is -2.12. The summed E-state index contributed by atoms with van der Waals surface area (Å²) in [5.41, 5.74) is 6.85. The summed E-state index contributed by atoms with van der Waals surface area (Å²) < 4.78 is 6.55. The summed E-state index contributed by atoms with van der Waals surface area (Å²) in [5.74, 6) is 0.661. The molecule has 0 bridgehead atoms. The molecule has 1 aliphatic carbocycles. The number of rotatable bonds is 3. The molecule has 0 atom stereocenters. The van der Waals surface area contributed by atoms with Crippen LogP contribution in [0.25, 0.3) is 38.9 Å². The minimum Gasteiger partial charge on any atom is -0.322 e. The molecule has 0 aliphatic heterocycles. The summed E-state index contributed by atoms with van der Waals surface area (Å²) >= 11 is 2.20. The number of hydrogen-bond donors (Lipinski definition) is 0. The van der Waals surface area contributed by atoms with E-state index in [9.17, 15) is 4.79 Å². The molecule has 7 heteroatoms. The van der Waals surface area contributed by atoms with Crippen LogP contribution in [0.5, 0.6) is 0 Å². The van der Waals surface area contributed by atoms with Crippen LogP contribution in [0.3, 0.4) is 0 Å². The number of nitrogens with zero attached hydrogens (tertiary/aromatic N) is 5. The lowest BCUT2D eigenvalue weighted by Gasteiger charge is -2.10. The highest BCUT2D eigenvalue weighted by molar-refractivity contribution is 14.1. The van der Waals surface area contributed by atoms with Gasteiger partial charge in [0.1, 0.15) is 0 Å². The smallest absolute Gasteiger partial charge is 0.203 e. The third kappa shape index (κ3) is 2.94. The molecule has 6 nitrogen and oxygen atoms in total. The largest absolute Gasteiger partial charge is 0.322 e. The Bertz CT molecular complexity index is 1550. The predicted octanol–water partition coefficient (Wildman–Crippen LogP) is 4.74. The van der Waals surface area contributed by atoms with Gasteiger partial charge in [0.25, 0.3) is 0 Å². The Labute approximate surface area is 192 Å². The third-order valence-electron chi connectivity index (χ3n) is 6.20. The van der Waals surface area contributed by atoms with E-state index in [0.29, 0.717) is 11.5 Å². The van der Waals surface area contributed by atoms with Crippen LogP contribution in [0.4, 0.5) is 0 Å². The van der Waals surface area contributed by atoms with Crippen LogP contribution in [0.15, 0.2) is 59.8 Å². The first-order valence-corrected chi connectivity index (χ1v) is 11.4. The van der Waals surface area contributed by atoms with Crippen molar-refractivity contribution in [3.8, 4) is 22.5 Å². The Morgan fingerprint density at radius 1 is 1.06 bits per heavy atom. The molecule has 1 saturated carbocycles. The molecule has 31 heavy (non-hydrogen) atoms. The highest BCUT2D eigenvalue weighted by Crippen LogP contribution is 2.40. The monoisotopic (exact) mass is 521 g/mol. The van der Waals surface area contributed by atoms with Gasteiger partial charge in [-0.1, -0.05) is 6.07 Å². The molecule has 0 unspecified atom stereocenters. The van der Waals surface area contributed by atoms with Gasteiger partial charge in [-0.15, -0.1) is 0 Å². The summed E-state index contributed by atoms with van der Waals surface area (Å²) in [4.78, 5) is 13.3. The molecule has 154 valence electrons. The fourth-order valence-corrected chi connectivity index (χ4v) is 5.13. The van der Waals surface area contributed by atoms with Crippen molar-refractivity contribution in [3.63, 3.8) is 0 Å². The Balaban J connectivity index is 1.56. The molecule has 1 fully saturated rings. The Hall–Kier alpha value is -2.94. The van der Waals surface area contributed by atoms with Gasteiger partial charge in [-0.3, -0.25) is 14.2 Å². The van der Waals surface area contributed by atoms with E-state index in [4.69, 9.17) is 0 Å². The van der Waals surface area contributed by atoms with E-state index in [0.717, 1.165) is 36.9 Å². The molecule has 0 saturated heterocycles. The fourth-order valence-electron chi connectivity index (χ4n) is 4.40. The number of aryl methyl sites for hydroxylation is 2. The Morgan fingerprint density at radius 3 is 2.65 bits per heavy atom. The minimum atomic E-state index is 0.0684. The van der Waals surface area contributed by atoms with Gasteiger partial charge in [0.15, 0.2) is 0 Å². The maximum atomic E-state index is 13.3. The normalized spacial score (nSPS) is 14.0. The lowest BCUT2D eigenvalue weighted by molar-refractivity contribution is 0.743. The SMILES string of the molecule is Cn1nccc1-c1c2cc(-c3cn4ccc(C5CC5)cc4c(I)c3=O)ccc2nn1C. The average Bonchev–Trinajstić information content (AvgIpc) is 3.46. The summed E-state index contributed by atoms with van der Waals surface area (Å²) in [7, 11) is 3.86. The van der Waals surface area contributed by atoms with E-state index in [1.165, 1.54) is 18.4 Å². The molecule has 6 rings (SSSR count). The summed E-state index contributed by atoms with van der Waals surface area (Å²) in [6.45, 7) is 0. The van der Waals surface area contributed by atoms with E-state index >= 15 is 0 Å². The van der Waals surface area contributed by atoms with Gasteiger partial charge in [0.05, 0.1) is 26.0 Å². The van der Waals surface area contributed by atoms with E-state index < -0.39 is 0 Å². The molecule has 0 radical (unpaired) electrons. The quantitative estimate of drug-likeness (QED) is 0.323. The number of aromatic nitrogens is 5. The van der Waals surface area contributed by atoms with Gasteiger partial charge < -0.3 is 4.40 Å². The molecule has 0 spiro atoms. The lowest BCUT2D eigenvalue weighted by atomic mass is 10.0. The highest BCUT2D eigenvalue weighted by atomic mass is 127. The molecule has 4 heterocycles. The van der Waals surface area contributed by atoms with Crippen molar-refractivity contribution >= 4 is 39.0 Å². The van der Waals surface area contributed by atoms with Gasteiger partial charge in [0.2, 0.25) is 5.43 Å². The zero-order valence-corrected chi connectivity index (χ0v) is 19.4. The predicted molar refractivity (Wildman–Crippen MR) is 130 cm³/mol.